The summed E-state index contributed by atoms with van der Waals surface area (Å²) in [5.74, 6) is -0.111. The molecular weight excluding hydrogens is 300 g/mol. The Labute approximate surface area is 129 Å². The van der Waals surface area contributed by atoms with Gasteiger partial charge in [-0.15, -0.1) is 0 Å². The molecule has 3 aromatic rings. The normalized spacial score (nSPS) is 10.4. The Morgan fingerprint density at radius 3 is 2.57 bits per heavy atom. The van der Waals surface area contributed by atoms with Gasteiger partial charge in [-0.05, 0) is 18.2 Å². The van der Waals surface area contributed by atoms with E-state index in [4.69, 9.17) is 16.2 Å². The highest BCUT2D eigenvalue weighted by atomic mass is 16.5. The number of hydrogen-bond donors (Lipinski definition) is 4. The van der Waals surface area contributed by atoms with Crippen LogP contribution in [0.2, 0.25) is 0 Å². The van der Waals surface area contributed by atoms with Gasteiger partial charge < -0.3 is 21.2 Å². The summed E-state index contributed by atoms with van der Waals surface area (Å²) in [5, 5.41) is 2.86. The number of benzene rings is 1. The molecule has 2 heterocycles. The maximum atomic E-state index is 11.6. The number of H-pyrrole nitrogens is 1. The number of aromatic nitrogens is 3. The monoisotopic (exact) mass is 312 g/mol. The predicted octanol–water partition coefficient (Wildman–Crippen LogP) is 1.34. The lowest BCUT2D eigenvalue weighted by molar-refractivity contribution is 0.100. The van der Waals surface area contributed by atoms with Crippen molar-refractivity contribution in [1.82, 2.24) is 15.0 Å². The van der Waals surface area contributed by atoms with E-state index >= 15 is 0 Å². The quantitative estimate of drug-likeness (QED) is 0.573. The van der Waals surface area contributed by atoms with Gasteiger partial charge in [0.25, 0.3) is 5.91 Å². The summed E-state index contributed by atoms with van der Waals surface area (Å²) >= 11 is 0. The second kappa shape index (κ2) is 5.64. The van der Waals surface area contributed by atoms with Gasteiger partial charge in [0.2, 0.25) is 0 Å². The number of nitrogens with two attached hydrogens (primary N) is 2. The highest BCUT2D eigenvalue weighted by molar-refractivity contribution is 6.13. The molecule has 9 nitrogen and oxygen atoms in total. The number of ether oxygens (including phenoxy) is 1. The first kappa shape index (κ1) is 14.3. The highest BCUT2D eigenvalue weighted by Gasteiger charge is 2.18. The van der Waals surface area contributed by atoms with Crippen LogP contribution in [0.5, 0.6) is 11.8 Å². The molecule has 2 aromatic heterocycles. The fourth-order valence-electron chi connectivity index (χ4n) is 2.16. The zero-order valence-corrected chi connectivity index (χ0v) is 11.7. The number of anilines is 1. The first-order valence-electron chi connectivity index (χ1n) is 6.51. The number of rotatable bonds is 4. The summed E-state index contributed by atoms with van der Waals surface area (Å²) in [5.41, 5.74) is 11.1. The van der Waals surface area contributed by atoms with Gasteiger partial charge in [0.05, 0.1) is 11.1 Å². The molecule has 0 bridgehead atoms. The minimum atomic E-state index is -0.812. The van der Waals surface area contributed by atoms with Crippen molar-refractivity contribution in [2.24, 2.45) is 11.5 Å². The van der Waals surface area contributed by atoms with Gasteiger partial charge in [0.1, 0.15) is 11.6 Å². The maximum Gasteiger partial charge on any atom is 0.321 e. The van der Waals surface area contributed by atoms with E-state index in [9.17, 15) is 9.59 Å². The first-order chi connectivity index (χ1) is 11.0. The number of nitrogens with zero attached hydrogens (tertiary/aromatic N) is 2. The standard InChI is InChI=1S/C14H12N6O3/c15-11(21)10-8-3-2-7(23-14-17-4-1-5-18-14)6-9(8)19-12(10)20-13(16)22/h1-6,19H,(H2,15,21)(H3,16,20,22). The van der Waals surface area contributed by atoms with Gasteiger partial charge in [0.15, 0.2) is 0 Å². The van der Waals surface area contributed by atoms with Crippen LogP contribution in [-0.4, -0.2) is 26.9 Å². The van der Waals surface area contributed by atoms with Crippen molar-refractivity contribution in [3.8, 4) is 11.8 Å². The fraction of sp³-hybridized carbons (Fsp3) is 0. The molecule has 0 unspecified atom stereocenters. The number of aromatic amines is 1. The van der Waals surface area contributed by atoms with Crippen molar-refractivity contribution in [2.45, 2.75) is 0 Å². The molecule has 0 saturated heterocycles. The summed E-state index contributed by atoms with van der Waals surface area (Å²) in [6.07, 6.45) is 3.10. The van der Waals surface area contributed by atoms with Crippen LogP contribution in [0.4, 0.5) is 10.6 Å². The molecule has 3 rings (SSSR count). The van der Waals surface area contributed by atoms with E-state index in [0.717, 1.165) is 0 Å². The Balaban J connectivity index is 2.03. The first-order valence-corrected chi connectivity index (χ1v) is 6.51. The minimum absolute atomic E-state index is 0.133. The lowest BCUT2D eigenvalue weighted by atomic mass is 10.1. The van der Waals surface area contributed by atoms with Crippen molar-refractivity contribution in [1.29, 1.82) is 0 Å². The number of urea groups is 1. The Morgan fingerprint density at radius 1 is 1.17 bits per heavy atom. The third-order valence-electron chi connectivity index (χ3n) is 3.02. The van der Waals surface area contributed by atoms with Crippen molar-refractivity contribution in [3.63, 3.8) is 0 Å². The van der Waals surface area contributed by atoms with Crippen LogP contribution in [-0.2, 0) is 0 Å². The molecule has 0 radical (unpaired) electrons. The number of primary amides is 2. The Morgan fingerprint density at radius 2 is 1.91 bits per heavy atom. The largest absolute Gasteiger partial charge is 0.424 e. The molecule has 0 aliphatic heterocycles. The summed E-state index contributed by atoms with van der Waals surface area (Å²) in [6.45, 7) is 0. The average Bonchev–Trinajstić information content (AvgIpc) is 2.84. The smallest absolute Gasteiger partial charge is 0.321 e. The van der Waals surface area contributed by atoms with Crippen LogP contribution in [0.25, 0.3) is 10.9 Å². The molecule has 9 heteroatoms. The van der Waals surface area contributed by atoms with Crippen molar-refractivity contribution in [3.05, 3.63) is 42.2 Å². The van der Waals surface area contributed by atoms with Crippen LogP contribution in [0.1, 0.15) is 10.4 Å². The van der Waals surface area contributed by atoms with E-state index in [-0.39, 0.29) is 17.4 Å². The van der Waals surface area contributed by atoms with E-state index in [1.807, 2.05) is 0 Å². The zero-order valence-electron chi connectivity index (χ0n) is 11.7. The molecule has 0 aliphatic rings. The topological polar surface area (TPSA) is 149 Å². The molecule has 1 aromatic carbocycles. The number of amides is 3. The second-order valence-electron chi connectivity index (χ2n) is 4.57. The van der Waals surface area contributed by atoms with Crippen LogP contribution in [0.15, 0.2) is 36.7 Å². The van der Waals surface area contributed by atoms with Gasteiger partial charge >= 0.3 is 12.0 Å². The predicted molar refractivity (Wildman–Crippen MR) is 82.1 cm³/mol. The molecule has 0 fully saturated rings. The summed E-state index contributed by atoms with van der Waals surface area (Å²) in [4.78, 5) is 33.4. The Kier molecular flexibility index (Phi) is 3.51. The molecule has 0 saturated carbocycles. The average molecular weight is 312 g/mol. The van der Waals surface area contributed by atoms with E-state index < -0.39 is 11.9 Å². The summed E-state index contributed by atoms with van der Waals surface area (Å²) < 4.78 is 5.51. The number of carbonyl (C=O) groups excluding carboxylic acids is 2. The molecule has 0 atom stereocenters. The van der Waals surface area contributed by atoms with Crippen LogP contribution in [0, 0.1) is 0 Å². The number of nitrogens with one attached hydrogen (secondary N) is 2. The van der Waals surface area contributed by atoms with Gasteiger partial charge in [-0.25, -0.2) is 14.8 Å². The van der Waals surface area contributed by atoms with Gasteiger partial charge in [-0.1, -0.05) is 0 Å². The lowest BCUT2D eigenvalue weighted by Gasteiger charge is -2.03. The van der Waals surface area contributed by atoms with Crippen LogP contribution >= 0.6 is 0 Å². The molecule has 116 valence electrons. The number of hydrogen-bond acceptors (Lipinski definition) is 5. The third-order valence-corrected chi connectivity index (χ3v) is 3.02. The minimum Gasteiger partial charge on any atom is -0.424 e. The molecular formula is C14H12N6O3. The van der Waals surface area contributed by atoms with E-state index in [1.54, 1.807) is 36.7 Å². The van der Waals surface area contributed by atoms with Crippen molar-refractivity contribution >= 4 is 28.7 Å². The van der Waals surface area contributed by atoms with E-state index in [2.05, 4.69) is 20.3 Å². The summed E-state index contributed by atoms with van der Waals surface area (Å²) in [7, 11) is 0. The second-order valence-corrected chi connectivity index (χ2v) is 4.57. The van der Waals surface area contributed by atoms with Crippen molar-refractivity contribution in [2.75, 3.05) is 5.32 Å². The van der Waals surface area contributed by atoms with E-state index in [0.29, 0.717) is 16.7 Å². The number of fused-ring (bicyclic) bond motifs is 1. The summed E-state index contributed by atoms with van der Waals surface area (Å²) in [6, 6.07) is 5.94. The SMILES string of the molecule is NC(=O)Nc1[nH]c2cc(Oc3ncccn3)ccc2c1C(N)=O. The van der Waals surface area contributed by atoms with Crippen LogP contribution in [0.3, 0.4) is 0 Å². The van der Waals surface area contributed by atoms with Crippen molar-refractivity contribution < 1.29 is 14.3 Å². The van der Waals surface area contributed by atoms with Gasteiger partial charge in [-0.2, -0.15) is 0 Å². The Bertz CT molecular complexity index is 890. The van der Waals surface area contributed by atoms with Crippen LogP contribution < -0.4 is 21.5 Å². The zero-order chi connectivity index (χ0) is 16.4. The third kappa shape index (κ3) is 2.88. The Hall–Kier alpha value is -3.62. The highest BCUT2D eigenvalue weighted by Crippen LogP contribution is 2.30. The van der Waals surface area contributed by atoms with E-state index in [1.165, 1.54) is 0 Å². The molecule has 23 heavy (non-hydrogen) atoms. The maximum absolute atomic E-state index is 11.6. The molecule has 0 spiro atoms. The molecule has 0 aliphatic carbocycles. The molecule has 3 amide bonds. The lowest BCUT2D eigenvalue weighted by Crippen LogP contribution is -2.22. The molecule has 6 N–H and O–H groups in total. The van der Waals surface area contributed by atoms with Gasteiger partial charge in [-0.3, -0.25) is 10.1 Å². The number of carbonyl (C=O) groups is 2. The van der Waals surface area contributed by atoms with Gasteiger partial charge in [0, 0.05) is 23.8 Å². The fourth-order valence-corrected chi connectivity index (χ4v) is 2.16.